The van der Waals surface area contributed by atoms with Crippen molar-refractivity contribution < 1.29 is 9.53 Å². The lowest BCUT2D eigenvalue weighted by Gasteiger charge is -2.08. The van der Waals surface area contributed by atoms with Crippen molar-refractivity contribution in [1.82, 2.24) is 0 Å². The maximum Gasteiger partial charge on any atom is 0.322 e. The summed E-state index contributed by atoms with van der Waals surface area (Å²) < 4.78 is 4.51. The van der Waals surface area contributed by atoms with Crippen LogP contribution in [0.3, 0.4) is 0 Å². The highest BCUT2D eigenvalue weighted by Gasteiger charge is 2.13. The molecule has 0 fully saturated rings. The molecule has 0 aliphatic heterocycles. The second-order valence-corrected chi connectivity index (χ2v) is 3.15. The Kier molecular flexibility index (Phi) is 3.83. The second-order valence-electron chi connectivity index (χ2n) is 3.15. The summed E-state index contributed by atoms with van der Waals surface area (Å²) in [6.45, 7) is 0. The highest BCUT2D eigenvalue weighted by molar-refractivity contribution is 5.75. The van der Waals surface area contributed by atoms with Crippen molar-refractivity contribution in [2.45, 2.75) is 12.5 Å². The van der Waals surface area contributed by atoms with Gasteiger partial charge in [-0.3, -0.25) is 4.79 Å². The van der Waals surface area contributed by atoms with Gasteiger partial charge < -0.3 is 10.5 Å². The molecule has 0 amide bonds. The molecular formula is C11H12N2O2. The predicted molar refractivity (Wildman–Crippen MR) is 54.9 cm³/mol. The highest BCUT2D eigenvalue weighted by Crippen LogP contribution is 2.06. The standard InChI is InChI=1S/C11H12N2O2/c1-15-11(14)10(13)6-8-3-2-4-9(5-8)7-12/h2-5,10H,6,13H2,1H3/t10-/m1/s1. The van der Waals surface area contributed by atoms with Gasteiger partial charge in [-0.15, -0.1) is 0 Å². The molecule has 0 radical (unpaired) electrons. The summed E-state index contributed by atoms with van der Waals surface area (Å²) in [6.07, 6.45) is 0.377. The molecule has 0 aliphatic rings. The first-order valence-electron chi connectivity index (χ1n) is 4.50. The molecule has 1 aromatic carbocycles. The molecule has 0 saturated heterocycles. The van der Waals surface area contributed by atoms with Crippen LogP contribution in [0.5, 0.6) is 0 Å². The Morgan fingerprint density at radius 3 is 3.00 bits per heavy atom. The molecule has 0 saturated carbocycles. The van der Waals surface area contributed by atoms with E-state index in [-0.39, 0.29) is 0 Å². The molecule has 0 aromatic heterocycles. The molecule has 0 bridgehead atoms. The third kappa shape index (κ3) is 3.08. The fraction of sp³-hybridized carbons (Fsp3) is 0.273. The number of nitrogens with two attached hydrogens (primary N) is 1. The maximum absolute atomic E-state index is 11.1. The van der Waals surface area contributed by atoms with Gasteiger partial charge in [0.05, 0.1) is 18.7 Å². The minimum Gasteiger partial charge on any atom is -0.468 e. The molecule has 1 rings (SSSR count). The zero-order chi connectivity index (χ0) is 11.3. The smallest absolute Gasteiger partial charge is 0.322 e. The van der Waals surface area contributed by atoms with Crippen LogP contribution in [0.2, 0.25) is 0 Å². The number of benzene rings is 1. The number of hydrogen-bond acceptors (Lipinski definition) is 4. The summed E-state index contributed by atoms with van der Waals surface area (Å²) in [5.74, 6) is -0.447. The number of carbonyl (C=O) groups is 1. The molecule has 2 N–H and O–H groups in total. The van der Waals surface area contributed by atoms with Crippen LogP contribution in [-0.4, -0.2) is 19.1 Å². The number of nitriles is 1. The second kappa shape index (κ2) is 5.13. The molecular weight excluding hydrogens is 192 g/mol. The van der Waals surface area contributed by atoms with Gasteiger partial charge in [0, 0.05) is 0 Å². The van der Waals surface area contributed by atoms with Gasteiger partial charge in [-0.25, -0.2) is 0 Å². The van der Waals surface area contributed by atoms with E-state index in [9.17, 15) is 4.79 Å². The maximum atomic E-state index is 11.1. The minimum atomic E-state index is -0.677. The largest absolute Gasteiger partial charge is 0.468 e. The van der Waals surface area contributed by atoms with Gasteiger partial charge in [0.1, 0.15) is 6.04 Å². The predicted octanol–water partition coefficient (Wildman–Crippen LogP) is 0.601. The van der Waals surface area contributed by atoms with E-state index < -0.39 is 12.0 Å². The first kappa shape index (κ1) is 11.2. The molecule has 78 valence electrons. The summed E-state index contributed by atoms with van der Waals surface area (Å²) >= 11 is 0. The van der Waals surface area contributed by atoms with Gasteiger partial charge in [-0.2, -0.15) is 5.26 Å². The van der Waals surface area contributed by atoms with Crippen LogP contribution in [0.15, 0.2) is 24.3 Å². The van der Waals surface area contributed by atoms with Gasteiger partial charge in [0.2, 0.25) is 0 Å². The molecule has 0 heterocycles. The van der Waals surface area contributed by atoms with Gasteiger partial charge in [0.25, 0.3) is 0 Å². The Labute approximate surface area is 88.3 Å². The van der Waals surface area contributed by atoms with E-state index in [0.717, 1.165) is 5.56 Å². The third-order valence-corrected chi connectivity index (χ3v) is 2.02. The van der Waals surface area contributed by atoms with Crippen LogP contribution in [0.25, 0.3) is 0 Å². The van der Waals surface area contributed by atoms with Gasteiger partial charge in [-0.1, -0.05) is 12.1 Å². The Hall–Kier alpha value is -1.86. The summed E-state index contributed by atoms with van der Waals surface area (Å²) in [7, 11) is 1.30. The fourth-order valence-corrected chi connectivity index (χ4v) is 1.26. The first-order valence-corrected chi connectivity index (χ1v) is 4.50. The van der Waals surface area contributed by atoms with Crippen LogP contribution in [0, 0.1) is 11.3 Å². The molecule has 1 atom stereocenters. The fourth-order valence-electron chi connectivity index (χ4n) is 1.26. The molecule has 0 spiro atoms. The Morgan fingerprint density at radius 1 is 1.67 bits per heavy atom. The third-order valence-electron chi connectivity index (χ3n) is 2.02. The monoisotopic (exact) mass is 204 g/mol. The Morgan fingerprint density at radius 2 is 2.40 bits per heavy atom. The van der Waals surface area contributed by atoms with Crippen LogP contribution >= 0.6 is 0 Å². The van der Waals surface area contributed by atoms with E-state index in [4.69, 9.17) is 11.0 Å². The lowest BCUT2D eigenvalue weighted by molar-refractivity contribution is -0.142. The van der Waals surface area contributed by atoms with Crippen molar-refractivity contribution >= 4 is 5.97 Å². The Bertz CT molecular complexity index is 396. The van der Waals surface area contributed by atoms with Crippen molar-refractivity contribution in [1.29, 1.82) is 5.26 Å². The SMILES string of the molecule is COC(=O)[C@H](N)Cc1cccc(C#N)c1. The number of hydrogen-bond donors (Lipinski definition) is 1. The lowest BCUT2D eigenvalue weighted by atomic mass is 10.0. The molecule has 15 heavy (non-hydrogen) atoms. The number of rotatable bonds is 3. The summed E-state index contributed by atoms with van der Waals surface area (Å²) in [4.78, 5) is 11.1. The van der Waals surface area contributed by atoms with Gasteiger partial charge in [0.15, 0.2) is 0 Å². The van der Waals surface area contributed by atoms with Crippen molar-refractivity contribution in [3.8, 4) is 6.07 Å². The quantitative estimate of drug-likeness (QED) is 0.731. The van der Waals surface area contributed by atoms with Crippen LogP contribution in [-0.2, 0) is 16.0 Å². The highest BCUT2D eigenvalue weighted by atomic mass is 16.5. The van der Waals surface area contributed by atoms with E-state index in [1.54, 1.807) is 18.2 Å². The van der Waals surface area contributed by atoms with Crippen LogP contribution < -0.4 is 5.73 Å². The first-order chi connectivity index (χ1) is 7.17. The topological polar surface area (TPSA) is 76.1 Å². The van der Waals surface area contributed by atoms with Gasteiger partial charge >= 0.3 is 5.97 Å². The summed E-state index contributed by atoms with van der Waals surface area (Å²) in [5.41, 5.74) is 7.01. The normalized spacial score (nSPS) is 11.5. The number of nitrogens with zero attached hydrogens (tertiary/aromatic N) is 1. The minimum absolute atomic E-state index is 0.377. The van der Waals surface area contributed by atoms with Crippen molar-refractivity contribution in [2.24, 2.45) is 5.73 Å². The zero-order valence-corrected chi connectivity index (χ0v) is 8.43. The van der Waals surface area contributed by atoms with Crippen LogP contribution in [0.4, 0.5) is 0 Å². The Balaban J connectivity index is 2.73. The number of ether oxygens (including phenoxy) is 1. The van der Waals surface area contributed by atoms with Gasteiger partial charge in [-0.05, 0) is 24.1 Å². The molecule has 0 unspecified atom stereocenters. The molecule has 4 heteroatoms. The zero-order valence-electron chi connectivity index (χ0n) is 8.43. The van der Waals surface area contributed by atoms with Crippen molar-refractivity contribution in [3.05, 3.63) is 35.4 Å². The average molecular weight is 204 g/mol. The molecule has 0 aliphatic carbocycles. The lowest BCUT2D eigenvalue weighted by Crippen LogP contribution is -2.33. The van der Waals surface area contributed by atoms with Crippen molar-refractivity contribution in [3.63, 3.8) is 0 Å². The van der Waals surface area contributed by atoms with Crippen molar-refractivity contribution in [2.75, 3.05) is 7.11 Å². The number of esters is 1. The van der Waals surface area contributed by atoms with E-state index in [1.165, 1.54) is 7.11 Å². The van der Waals surface area contributed by atoms with Crippen LogP contribution in [0.1, 0.15) is 11.1 Å². The van der Waals surface area contributed by atoms with E-state index in [0.29, 0.717) is 12.0 Å². The average Bonchev–Trinajstić information content (AvgIpc) is 2.28. The number of methoxy groups -OCH3 is 1. The van der Waals surface area contributed by atoms with E-state index in [1.807, 2.05) is 12.1 Å². The summed E-state index contributed by atoms with van der Waals surface area (Å²) in [6, 6.07) is 8.35. The summed E-state index contributed by atoms with van der Waals surface area (Å²) in [5, 5.41) is 8.68. The molecule has 4 nitrogen and oxygen atoms in total. The van der Waals surface area contributed by atoms with E-state index >= 15 is 0 Å². The number of carbonyl (C=O) groups excluding carboxylic acids is 1. The van der Waals surface area contributed by atoms with E-state index in [2.05, 4.69) is 4.74 Å². The molecule has 1 aromatic rings.